The molecule has 0 aliphatic rings. The first-order valence-corrected chi connectivity index (χ1v) is 6.08. The van der Waals surface area contributed by atoms with Gasteiger partial charge in [0.25, 0.3) is 0 Å². The number of hydrogen-bond acceptors (Lipinski definition) is 2. The maximum Gasteiger partial charge on any atom is 0.0549 e. The number of rotatable bonds is 4. The summed E-state index contributed by atoms with van der Waals surface area (Å²) in [6, 6.07) is 20.6. The fraction of sp³-hybridized carbons (Fsp3) is 0.188. The largest absolute Gasteiger partial charge is 0.411 e. The van der Waals surface area contributed by atoms with Gasteiger partial charge in [-0.25, -0.2) is 0 Å². The Morgan fingerprint density at radius 2 is 1.39 bits per heavy atom. The van der Waals surface area contributed by atoms with E-state index in [0.29, 0.717) is 0 Å². The maximum atomic E-state index is 8.87. The SMILES string of the molecule is C/C(CC(c1ccccc1)c1ccccc1)=N\O. The molecule has 0 aliphatic carbocycles. The highest BCUT2D eigenvalue weighted by Gasteiger charge is 2.14. The van der Waals surface area contributed by atoms with E-state index in [0.717, 1.165) is 12.1 Å². The van der Waals surface area contributed by atoms with Gasteiger partial charge in [-0.2, -0.15) is 0 Å². The molecule has 92 valence electrons. The standard InChI is InChI=1S/C16H17NO/c1-13(17-18)12-16(14-8-4-2-5-9-14)15-10-6-3-7-11-15/h2-11,16,18H,12H2,1H3/b17-13+. The van der Waals surface area contributed by atoms with E-state index < -0.39 is 0 Å². The molecule has 18 heavy (non-hydrogen) atoms. The molecular weight excluding hydrogens is 222 g/mol. The highest BCUT2D eigenvalue weighted by Crippen LogP contribution is 2.28. The Balaban J connectivity index is 2.35. The normalized spacial score (nSPS) is 11.8. The molecule has 1 N–H and O–H groups in total. The molecule has 0 atom stereocenters. The third-order valence-corrected chi connectivity index (χ3v) is 3.07. The Bertz CT molecular complexity index is 466. The predicted octanol–water partition coefficient (Wildman–Crippen LogP) is 4.06. The van der Waals surface area contributed by atoms with Crippen molar-refractivity contribution in [1.29, 1.82) is 0 Å². The maximum absolute atomic E-state index is 8.87. The van der Waals surface area contributed by atoms with Crippen molar-refractivity contribution in [3.8, 4) is 0 Å². The molecule has 0 radical (unpaired) electrons. The minimum Gasteiger partial charge on any atom is -0.411 e. The lowest BCUT2D eigenvalue weighted by Gasteiger charge is -2.17. The molecule has 0 spiro atoms. The highest BCUT2D eigenvalue weighted by atomic mass is 16.4. The van der Waals surface area contributed by atoms with Crippen LogP contribution in [0.15, 0.2) is 65.8 Å². The van der Waals surface area contributed by atoms with Gasteiger partial charge in [0.2, 0.25) is 0 Å². The fourth-order valence-electron chi connectivity index (χ4n) is 2.14. The van der Waals surface area contributed by atoms with Crippen molar-refractivity contribution in [1.82, 2.24) is 0 Å². The molecule has 2 aromatic carbocycles. The van der Waals surface area contributed by atoms with Crippen molar-refractivity contribution in [2.24, 2.45) is 5.16 Å². The van der Waals surface area contributed by atoms with Crippen molar-refractivity contribution in [3.63, 3.8) is 0 Å². The van der Waals surface area contributed by atoms with Crippen LogP contribution in [0.2, 0.25) is 0 Å². The van der Waals surface area contributed by atoms with Crippen molar-refractivity contribution in [3.05, 3.63) is 71.8 Å². The lowest BCUT2D eigenvalue weighted by Crippen LogP contribution is -2.06. The quantitative estimate of drug-likeness (QED) is 0.487. The summed E-state index contributed by atoms with van der Waals surface area (Å²) in [6.07, 6.45) is 0.727. The van der Waals surface area contributed by atoms with Crippen LogP contribution in [-0.2, 0) is 0 Å². The van der Waals surface area contributed by atoms with Crippen molar-refractivity contribution >= 4 is 5.71 Å². The minimum atomic E-state index is 0.239. The molecular formula is C16H17NO. The molecule has 2 heteroatoms. The smallest absolute Gasteiger partial charge is 0.0549 e. The van der Waals surface area contributed by atoms with Crippen LogP contribution in [0.3, 0.4) is 0 Å². The first-order chi connectivity index (χ1) is 8.81. The van der Waals surface area contributed by atoms with E-state index in [1.807, 2.05) is 43.3 Å². The van der Waals surface area contributed by atoms with Crippen LogP contribution < -0.4 is 0 Å². The summed E-state index contributed by atoms with van der Waals surface area (Å²) in [5.41, 5.74) is 3.23. The summed E-state index contributed by atoms with van der Waals surface area (Å²) in [5, 5.41) is 12.2. The topological polar surface area (TPSA) is 32.6 Å². The van der Waals surface area contributed by atoms with Gasteiger partial charge in [0.05, 0.1) is 5.71 Å². The summed E-state index contributed by atoms with van der Waals surface area (Å²) in [6.45, 7) is 1.85. The van der Waals surface area contributed by atoms with E-state index in [1.165, 1.54) is 11.1 Å². The molecule has 2 aromatic rings. The molecule has 2 rings (SSSR count). The second-order valence-corrected chi connectivity index (χ2v) is 4.41. The van der Waals surface area contributed by atoms with E-state index in [1.54, 1.807) is 0 Å². The Morgan fingerprint density at radius 3 is 1.78 bits per heavy atom. The van der Waals surface area contributed by atoms with E-state index in [9.17, 15) is 0 Å². The minimum absolute atomic E-state index is 0.239. The summed E-state index contributed by atoms with van der Waals surface area (Å²) < 4.78 is 0. The molecule has 0 aliphatic heterocycles. The first kappa shape index (κ1) is 12.4. The Labute approximate surface area is 108 Å². The fourth-order valence-corrected chi connectivity index (χ4v) is 2.14. The van der Waals surface area contributed by atoms with Crippen LogP contribution in [0.4, 0.5) is 0 Å². The second-order valence-electron chi connectivity index (χ2n) is 4.41. The molecule has 0 aromatic heterocycles. The Kier molecular flexibility index (Phi) is 4.13. The monoisotopic (exact) mass is 239 g/mol. The van der Waals surface area contributed by atoms with Gasteiger partial charge >= 0.3 is 0 Å². The number of nitrogens with zero attached hydrogens (tertiary/aromatic N) is 1. The van der Waals surface area contributed by atoms with Crippen LogP contribution in [0.5, 0.6) is 0 Å². The van der Waals surface area contributed by atoms with E-state index in [4.69, 9.17) is 5.21 Å². The van der Waals surface area contributed by atoms with Gasteiger partial charge in [0.1, 0.15) is 0 Å². The van der Waals surface area contributed by atoms with E-state index in [2.05, 4.69) is 29.4 Å². The van der Waals surface area contributed by atoms with Crippen LogP contribution in [0.1, 0.15) is 30.4 Å². The molecule has 0 amide bonds. The summed E-state index contributed by atoms with van der Waals surface area (Å²) in [7, 11) is 0. The van der Waals surface area contributed by atoms with Crippen LogP contribution in [-0.4, -0.2) is 10.9 Å². The highest BCUT2D eigenvalue weighted by molar-refractivity contribution is 5.82. The zero-order chi connectivity index (χ0) is 12.8. The van der Waals surface area contributed by atoms with Crippen molar-refractivity contribution in [2.45, 2.75) is 19.3 Å². The molecule has 0 bridgehead atoms. The first-order valence-electron chi connectivity index (χ1n) is 6.08. The van der Waals surface area contributed by atoms with Crippen LogP contribution in [0, 0.1) is 0 Å². The third kappa shape index (κ3) is 2.98. The Hall–Kier alpha value is -2.09. The molecule has 0 saturated carbocycles. The average molecular weight is 239 g/mol. The van der Waals surface area contributed by atoms with Crippen LogP contribution >= 0.6 is 0 Å². The summed E-state index contributed by atoms with van der Waals surface area (Å²) in [4.78, 5) is 0. The van der Waals surface area contributed by atoms with Gasteiger partial charge in [-0.3, -0.25) is 0 Å². The number of benzene rings is 2. The lowest BCUT2D eigenvalue weighted by atomic mass is 9.87. The van der Waals surface area contributed by atoms with E-state index >= 15 is 0 Å². The molecule has 0 fully saturated rings. The van der Waals surface area contributed by atoms with Crippen LogP contribution in [0.25, 0.3) is 0 Å². The third-order valence-electron chi connectivity index (χ3n) is 3.07. The van der Waals surface area contributed by atoms with Gasteiger partial charge in [0.15, 0.2) is 0 Å². The summed E-state index contributed by atoms with van der Waals surface area (Å²) in [5.74, 6) is 0.239. The van der Waals surface area contributed by atoms with Crippen molar-refractivity contribution in [2.75, 3.05) is 0 Å². The molecule has 2 nitrogen and oxygen atoms in total. The molecule has 0 unspecified atom stereocenters. The zero-order valence-electron chi connectivity index (χ0n) is 10.5. The Morgan fingerprint density at radius 1 is 0.944 bits per heavy atom. The van der Waals surface area contributed by atoms with Crippen molar-refractivity contribution < 1.29 is 5.21 Å². The molecule has 0 saturated heterocycles. The average Bonchev–Trinajstić information content (AvgIpc) is 2.46. The van der Waals surface area contributed by atoms with E-state index in [-0.39, 0.29) is 5.92 Å². The van der Waals surface area contributed by atoms with Gasteiger partial charge in [-0.1, -0.05) is 65.8 Å². The zero-order valence-corrected chi connectivity index (χ0v) is 10.5. The molecule has 0 heterocycles. The van der Waals surface area contributed by atoms with Gasteiger partial charge in [-0.15, -0.1) is 0 Å². The van der Waals surface area contributed by atoms with Gasteiger partial charge < -0.3 is 5.21 Å². The number of hydrogen-bond donors (Lipinski definition) is 1. The lowest BCUT2D eigenvalue weighted by molar-refractivity contribution is 0.317. The second kappa shape index (κ2) is 6.01. The van der Waals surface area contributed by atoms with Gasteiger partial charge in [-0.05, 0) is 24.5 Å². The predicted molar refractivity (Wildman–Crippen MR) is 74.2 cm³/mol. The summed E-state index contributed by atoms with van der Waals surface area (Å²) >= 11 is 0. The number of oxime groups is 1. The van der Waals surface area contributed by atoms with Gasteiger partial charge in [0, 0.05) is 5.92 Å².